The van der Waals surface area contributed by atoms with E-state index >= 15 is 0 Å². The van der Waals surface area contributed by atoms with E-state index in [-0.39, 0.29) is 0 Å². The molecule has 5 nitrogen and oxygen atoms in total. The summed E-state index contributed by atoms with van der Waals surface area (Å²) in [5.41, 5.74) is 10.7. The largest absolute Gasteiger partial charge is 0.302 e. The highest BCUT2D eigenvalue weighted by molar-refractivity contribution is 4.46. The molecule has 0 radical (unpaired) electrons. The smallest absolute Gasteiger partial charge is 0.0679 e. The third-order valence-electron chi connectivity index (χ3n) is 1.01. The molecule has 0 aromatic rings. The fourth-order valence-electron chi connectivity index (χ4n) is 0.513. The summed E-state index contributed by atoms with van der Waals surface area (Å²) < 4.78 is 0. The molecular weight excluding hydrogens is 144 g/mol. The van der Waals surface area contributed by atoms with Gasteiger partial charge in [-0.25, -0.2) is 5.48 Å². The molecule has 0 amide bonds. The second kappa shape index (κ2) is 9.23. The van der Waals surface area contributed by atoms with E-state index in [0.29, 0.717) is 6.54 Å². The standard InChI is InChI=1S/C6H14N4O/c1-2-6-11-9-5-3-4-8-10-7/h9H,2-6H2,1H3. The van der Waals surface area contributed by atoms with E-state index in [0.717, 1.165) is 26.0 Å². The van der Waals surface area contributed by atoms with Crippen LogP contribution in [0.2, 0.25) is 0 Å². The number of nitrogens with one attached hydrogen (secondary N) is 1. The van der Waals surface area contributed by atoms with Crippen molar-refractivity contribution in [3.63, 3.8) is 0 Å². The fourth-order valence-corrected chi connectivity index (χ4v) is 0.513. The molecule has 0 aromatic heterocycles. The maximum atomic E-state index is 7.91. The topological polar surface area (TPSA) is 70.0 Å². The van der Waals surface area contributed by atoms with E-state index in [4.69, 9.17) is 10.4 Å². The molecule has 0 aliphatic carbocycles. The second-order valence-electron chi connectivity index (χ2n) is 2.05. The highest BCUT2D eigenvalue weighted by Gasteiger charge is 1.84. The van der Waals surface area contributed by atoms with Gasteiger partial charge < -0.3 is 4.84 Å². The van der Waals surface area contributed by atoms with Crippen molar-refractivity contribution >= 4 is 0 Å². The molecule has 5 heteroatoms. The van der Waals surface area contributed by atoms with Crippen LogP contribution in [0.25, 0.3) is 10.4 Å². The van der Waals surface area contributed by atoms with Gasteiger partial charge in [0.1, 0.15) is 0 Å². The van der Waals surface area contributed by atoms with Crippen LogP contribution in [-0.4, -0.2) is 19.7 Å². The first-order valence-corrected chi connectivity index (χ1v) is 3.77. The first-order valence-electron chi connectivity index (χ1n) is 3.77. The summed E-state index contributed by atoms with van der Waals surface area (Å²) in [6, 6.07) is 0. The molecule has 0 fully saturated rings. The zero-order valence-corrected chi connectivity index (χ0v) is 6.79. The van der Waals surface area contributed by atoms with Crippen LogP contribution in [-0.2, 0) is 4.84 Å². The lowest BCUT2D eigenvalue weighted by molar-refractivity contribution is 0.0415. The molecule has 0 saturated heterocycles. The average molecular weight is 158 g/mol. The van der Waals surface area contributed by atoms with Gasteiger partial charge in [0.25, 0.3) is 0 Å². The predicted molar refractivity (Wildman–Crippen MR) is 42.9 cm³/mol. The Hall–Kier alpha value is -0.770. The molecule has 0 aliphatic heterocycles. The first kappa shape index (κ1) is 10.2. The number of nitrogens with zero attached hydrogens (tertiary/aromatic N) is 3. The van der Waals surface area contributed by atoms with E-state index in [2.05, 4.69) is 15.5 Å². The summed E-state index contributed by atoms with van der Waals surface area (Å²) in [5.74, 6) is 0. The van der Waals surface area contributed by atoms with E-state index < -0.39 is 0 Å². The van der Waals surface area contributed by atoms with Crippen molar-refractivity contribution in [2.45, 2.75) is 19.8 Å². The molecule has 1 N–H and O–H groups in total. The maximum absolute atomic E-state index is 7.91. The van der Waals surface area contributed by atoms with Crippen molar-refractivity contribution in [2.24, 2.45) is 5.11 Å². The van der Waals surface area contributed by atoms with Gasteiger partial charge in [0.05, 0.1) is 6.61 Å². The van der Waals surface area contributed by atoms with Crippen molar-refractivity contribution in [1.82, 2.24) is 5.48 Å². The normalized spacial score (nSPS) is 9.18. The van der Waals surface area contributed by atoms with Crippen molar-refractivity contribution in [1.29, 1.82) is 0 Å². The zero-order valence-electron chi connectivity index (χ0n) is 6.79. The van der Waals surface area contributed by atoms with Crippen molar-refractivity contribution in [3.05, 3.63) is 10.4 Å². The van der Waals surface area contributed by atoms with Crippen LogP contribution in [0.15, 0.2) is 5.11 Å². The van der Waals surface area contributed by atoms with E-state index in [1.165, 1.54) is 0 Å². The highest BCUT2D eigenvalue weighted by Crippen LogP contribution is 1.80. The Balaban J connectivity index is 2.84. The first-order chi connectivity index (χ1) is 5.41. The van der Waals surface area contributed by atoms with Crippen molar-refractivity contribution < 1.29 is 4.84 Å². The minimum absolute atomic E-state index is 0.527. The van der Waals surface area contributed by atoms with Crippen LogP contribution in [0.4, 0.5) is 0 Å². The molecule has 0 bridgehead atoms. The van der Waals surface area contributed by atoms with Crippen LogP contribution < -0.4 is 5.48 Å². The summed E-state index contributed by atoms with van der Waals surface area (Å²) in [6.07, 6.45) is 1.82. The Bertz CT molecular complexity index is 122. The van der Waals surface area contributed by atoms with Gasteiger partial charge in [0, 0.05) is 18.0 Å². The third kappa shape index (κ3) is 9.23. The maximum Gasteiger partial charge on any atom is 0.0679 e. The molecule has 64 valence electrons. The van der Waals surface area contributed by atoms with Crippen molar-refractivity contribution in [2.75, 3.05) is 19.7 Å². The molecule has 11 heavy (non-hydrogen) atoms. The molecule has 0 aromatic carbocycles. The van der Waals surface area contributed by atoms with Crippen LogP contribution >= 0.6 is 0 Å². The van der Waals surface area contributed by atoms with Crippen LogP contribution in [0.3, 0.4) is 0 Å². The Morgan fingerprint density at radius 3 is 3.09 bits per heavy atom. The summed E-state index contributed by atoms with van der Waals surface area (Å²) >= 11 is 0. The van der Waals surface area contributed by atoms with Gasteiger partial charge in [-0.15, -0.1) is 0 Å². The zero-order chi connectivity index (χ0) is 8.36. The van der Waals surface area contributed by atoms with Gasteiger partial charge >= 0.3 is 0 Å². The van der Waals surface area contributed by atoms with Crippen LogP contribution in [0, 0.1) is 0 Å². The predicted octanol–water partition coefficient (Wildman–Crippen LogP) is 1.62. The van der Waals surface area contributed by atoms with Crippen LogP contribution in [0.5, 0.6) is 0 Å². The van der Waals surface area contributed by atoms with Gasteiger partial charge in [0.15, 0.2) is 0 Å². The lowest BCUT2D eigenvalue weighted by atomic mass is 10.4. The van der Waals surface area contributed by atoms with Gasteiger partial charge in [-0.2, -0.15) is 0 Å². The second-order valence-corrected chi connectivity index (χ2v) is 2.05. The number of hydrogen-bond acceptors (Lipinski definition) is 3. The lowest BCUT2D eigenvalue weighted by Gasteiger charge is -2.01. The molecule has 0 atom stereocenters. The summed E-state index contributed by atoms with van der Waals surface area (Å²) in [7, 11) is 0. The molecular formula is C6H14N4O. The van der Waals surface area contributed by atoms with Crippen molar-refractivity contribution in [3.8, 4) is 0 Å². The SMILES string of the molecule is CCCONCCCN=[N+]=[N-]. The molecule has 0 spiro atoms. The van der Waals surface area contributed by atoms with E-state index in [9.17, 15) is 0 Å². The van der Waals surface area contributed by atoms with Gasteiger partial charge in [-0.1, -0.05) is 12.0 Å². The Morgan fingerprint density at radius 1 is 1.64 bits per heavy atom. The molecule has 0 unspecified atom stereocenters. The number of hydroxylamine groups is 1. The van der Waals surface area contributed by atoms with Gasteiger partial charge in [-0.05, 0) is 18.4 Å². The summed E-state index contributed by atoms with van der Waals surface area (Å²) in [5, 5.41) is 3.37. The minimum Gasteiger partial charge on any atom is -0.302 e. The molecule has 0 rings (SSSR count). The molecule has 0 aliphatic rings. The fraction of sp³-hybridized carbons (Fsp3) is 1.00. The number of rotatable bonds is 7. The molecule has 0 heterocycles. The number of hydrogen-bond donors (Lipinski definition) is 1. The quantitative estimate of drug-likeness (QED) is 0.201. The monoisotopic (exact) mass is 158 g/mol. The Labute approximate surface area is 66.3 Å². The minimum atomic E-state index is 0.527. The lowest BCUT2D eigenvalue weighted by Crippen LogP contribution is -2.16. The average Bonchev–Trinajstić information content (AvgIpc) is 2.03. The third-order valence-corrected chi connectivity index (χ3v) is 1.01. The molecule has 0 saturated carbocycles. The van der Waals surface area contributed by atoms with E-state index in [1.807, 2.05) is 6.92 Å². The van der Waals surface area contributed by atoms with Crippen LogP contribution in [0.1, 0.15) is 19.8 Å². The Morgan fingerprint density at radius 2 is 2.45 bits per heavy atom. The highest BCUT2D eigenvalue weighted by atomic mass is 16.6. The van der Waals surface area contributed by atoms with E-state index in [1.54, 1.807) is 0 Å². The van der Waals surface area contributed by atoms with Gasteiger partial charge in [-0.3, -0.25) is 0 Å². The Kier molecular flexibility index (Phi) is 8.58. The van der Waals surface area contributed by atoms with Gasteiger partial charge in [0.2, 0.25) is 0 Å². The summed E-state index contributed by atoms with van der Waals surface area (Å²) in [4.78, 5) is 7.60. The number of azide groups is 1. The summed E-state index contributed by atoms with van der Waals surface area (Å²) in [6.45, 7) is 4.03.